The van der Waals surface area contributed by atoms with Crippen molar-refractivity contribution in [3.8, 4) is 5.75 Å². The zero-order valence-electron chi connectivity index (χ0n) is 9.00. The maximum atomic E-state index is 5.73. The molecule has 3 nitrogen and oxygen atoms in total. The number of hydrogen-bond donors (Lipinski definition) is 0. The van der Waals surface area contributed by atoms with Crippen molar-refractivity contribution in [2.75, 3.05) is 13.7 Å². The molecule has 0 spiro atoms. The molecular weight excluding hydrogens is 258 g/mol. The first kappa shape index (κ1) is 10.7. The molecule has 0 atom stereocenters. The van der Waals surface area contributed by atoms with E-state index in [0.717, 1.165) is 28.4 Å². The Morgan fingerprint density at radius 3 is 2.87 bits per heavy atom. The van der Waals surface area contributed by atoms with Gasteiger partial charge in [0.1, 0.15) is 17.3 Å². The van der Waals surface area contributed by atoms with Crippen LogP contribution in [-0.2, 0) is 0 Å². The van der Waals surface area contributed by atoms with E-state index in [2.05, 4.69) is 15.9 Å². The van der Waals surface area contributed by atoms with E-state index in [0.29, 0.717) is 0 Å². The molecule has 1 aromatic heterocycles. The molecule has 1 fully saturated rings. The van der Waals surface area contributed by atoms with E-state index in [1.54, 1.807) is 11.8 Å². The van der Waals surface area contributed by atoms with Gasteiger partial charge in [-0.1, -0.05) is 0 Å². The van der Waals surface area contributed by atoms with Gasteiger partial charge in [0.2, 0.25) is 11.9 Å². The van der Waals surface area contributed by atoms with Crippen molar-refractivity contribution in [2.24, 2.45) is 5.92 Å². The molecule has 0 bridgehead atoms. The van der Waals surface area contributed by atoms with Crippen molar-refractivity contribution in [2.45, 2.75) is 19.8 Å². The van der Waals surface area contributed by atoms with Crippen molar-refractivity contribution < 1.29 is 14.3 Å². The Morgan fingerprint density at radius 1 is 1.53 bits per heavy atom. The summed E-state index contributed by atoms with van der Waals surface area (Å²) in [5.74, 6) is 1.67. The molecule has 15 heavy (non-hydrogen) atoms. The van der Waals surface area contributed by atoms with Crippen molar-refractivity contribution in [3.05, 3.63) is 22.4 Å². The van der Waals surface area contributed by atoms with Crippen molar-refractivity contribution in [1.82, 2.24) is 0 Å². The summed E-state index contributed by atoms with van der Waals surface area (Å²) in [5.41, 5.74) is 1.02. The second kappa shape index (κ2) is 4.39. The summed E-state index contributed by atoms with van der Waals surface area (Å²) in [4.78, 5) is 5.15. The van der Waals surface area contributed by atoms with E-state index < -0.39 is 0 Å². The van der Waals surface area contributed by atoms with E-state index in [1.807, 2.05) is 19.2 Å². The quantitative estimate of drug-likeness (QED) is 0.782. The Hall–Kier alpha value is -0.770. The molecular formula is C11H15BrNO2+. The van der Waals surface area contributed by atoms with Crippen LogP contribution in [0.5, 0.6) is 5.75 Å². The summed E-state index contributed by atoms with van der Waals surface area (Å²) in [7, 11) is 1.64. The van der Waals surface area contributed by atoms with E-state index in [1.165, 1.54) is 12.8 Å². The molecule has 1 aliphatic rings. The molecule has 4 heteroatoms. The molecule has 0 saturated heterocycles. The summed E-state index contributed by atoms with van der Waals surface area (Å²) in [6.45, 7) is 2.81. The van der Waals surface area contributed by atoms with Crippen LogP contribution in [0.1, 0.15) is 18.5 Å². The van der Waals surface area contributed by atoms with Gasteiger partial charge in [-0.05, 0) is 34.7 Å². The number of hydrogen-bond acceptors (Lipinski definition) is 2. The average molecular weight is 273 g/mol. The highest BCUT2D eigenvalue weighted by molar-refractivity contribution is 9.10. The number of aromatic nitrogens is 1. The van der Waals surface area contributed by atoms with E-state index in [-0.39, 0.29) is 0 Å². The zero-order chi connectivity index (χ0) is 10.8. The molecule has 0 radical (unpaired) electrons. The monoisotopic (exact) mass is 272 g/mol. The number of ether oxygens (including phenoxy) is 1. The maximum absolute atomic E-state index is 5.73. The Morgan fingerprint density at radius 2 is 2.27 bits per heavy atom. The summed E-state index contributed by atoms with van der Waals surface area (Å²) < 4.78 is 8.35. The van der Waals surface area contributed by atoms with Crippen LogP contribution in [0, 0.1) is 12.8 Å². The molecule has 0 N–H and O–H groups in total. The van der Waals surface area contributed by atoms with Gasteiger partial charge in [0, 0.05) is 11.7 Å². The highest BCUT2D eigenvalue weighted by atomic mass is 79.9. The Labute approximate surface area is 98.1 Å². The number of pyridine rings is 1. The first-order chi connectivity index (χ1) is 7.20. The minimum absolute atomic E-state index is 0.770. The van der Waals surface area contributed by atoms with Crippen molar-refractivity contribution in [3.63, 3.8) is 0 Å². The molecule has 1 aromatic rings. The lowest BCUT2D eigenvalue weighted by Gasteiger charge is -2.06. The highest BCUT2D eigenvalue weighted by Crippen LogP contribution is 2.31. The molecule has 1 heterocycles. The third kappa shape index (κ3) is 2.62. The lowest BCUT2D eigenvalue weighted by molar-refractivity contribution is -0.890. The van der Waals surface area contributed by atoms with Crippen LogP contribution in [0.4, 0.5) is 0 Å². The smallest absolute Gasteiger partial charge is 0.240 e. The number of rotatable bonds is 4. The molecule has 82 valence electrons. The summed E-state index contributed by atoms with van der Waals surface area (Å²) in [6, 6.07) is 1.98. The number of nitrogens with zero attached hydrogens (tertiary/aromatic N) is 1. The van der Waals surface area contributed by atoms with Gasteiger partial charge in [-0.25, -0.2) is 0 Å². The van der Waals surface area contributed by atoms with Gasteiger partial charge in [-0.2, -0.15) is 0 Å². The van der Waals surface area contributed by atoms with Gasteiger partial charge < -0.3 is 4.74 Å². The molecule has 0 aromatic carbocycles. The van der Waals surface area contributed by atoms with Crippen molar-refractivity contribution >= 4 is 15.9 Å². The number of aryl methyl sites for hydroxylation is 1. The summed E-state index contributed by atoms with van der Waals surface area (Å²) in [5, 5.41) is 0. The largest absolute Gasteiger partial charge is 0.492 e. The van der Waals surface area contributed by atoms with Gasteiger partial charge in [0.25, 0.3) is 0 Å². The van der Waals surface area contributed by atoms with Crippen LogP contribution in [0.3, 0.4) is 0 Å². The number of halogens is 1. The van der Waals surface area contributed by atoms with Gasteiger partial charge in [-0.3, -0.25) is 4.84 Å². The minimum atomic E-state index is 0.770. The van der Waals surface area contributed by atoms with E-state index in [4.69, 9.17) is 9.57 Å². The minimum Gasteiger partial charge on any atom is -0.492 e. The van der Waals surface area contributed by atoms with Crippen LogP contribution in [0.2, 0.25) is 0 Å². The molecule has 0 unspecified atom stereocenters. The van der Waals surface area contributed by atoms with Crippen LogP contribution in [0.25, 0.3) is 0 Å². The van der Waals surface area contributed by atoms with Gasteiger partial charge in [0.15, 0.2) is 0 Å². The fourth-order valence-corrected chi connectivity index (χ4v) is 1.81. The SMILES string of the molecule is CO[n+]1cc(Br)c(OCC2CC2)cc1C. The predicted molar refractivity (Wildman–Crippen MR) is 59.8 cm³/mol. The third-order valence-electron chi connectivity index (χ3n) is 2.52. The predicted octanol–water partition coefficient (Wildman–Crippen LogP) is 1.89. The molecule has 1 saturated carbocycles. The highest BCUT2D eigenvalue weighted by Gasteiger charge is 2.23. The van der Waals surface area contributed by atoms with Crippen molar-refractivity contribution in [1.29, 1.82) is 0 Å². The summed E-state index contributed by atoms with van der Waals surface area (Å²) in [6.07, 6.45) is 4.49. The maximum Gasteiger partial charge on any atom is 0.240 e. The average Bonchev–Trinajstić information content (AvgIpc) is 3.02. The first-order valence-electron chi connectivity index (χ1n) is 5.10. The van der Waals surface area contributed by atoms with Crippen LogP contribution in [-0.4, -0.2) is 13.7 Å². The molecule has 0 amide bonds. The molecule has 0 aliphatic heterocycles. The Balaban J connectivity index is 2.11. The fourth-order valence-electron chi connectivity index (χ4n) is 1.39. The van der Waals surface area contributed by atoms with Crippen LogP contribution in [0.15, 0.2) is 16.7 Å². The van der Waals surface area contributed by atoms with Crippen LogP contribution < -0.4 is 14.3 Å². The van der Waals surface area contributed by atoms with E-state index in [9.17, 15) is 0 Å². The first-order valence-corrected chi connectivity index (χ1v) is 5.89. The standard InChI is InChI=1S/C11H15BrNO2/c1-8-5-11(15-7-9-3-4-9)10(12)6-13(8)14-2/h5-6,9H,3-4,7H2,1-2H3/q+1. The van der Waals surface area contributed by atoms with Gasteiger partial charge in [0.05, 0.1) is 12.7 Å². The Bertz CT molecular complexity index is 364. The lowest BCUT2D eigenvalue weighted by Crippen LogP contribution is -2.43. The van der Waals surface area contributed by atoms with Crippen LogP contribution >= 0.6 is 15.9 Å². The molecule has 2 rings (SSSR count). The second-order valence-electron chi connectivity index (χ2n) is 3.89. The van der Waals surface area contributed by atoms with E-state index >= 15 is 0 Å². The molecule has 1 aliphatic carbocycles. The topological polar surface area (TPSA) is 22.3 Å². The van der Waals surface area contributed by atoms with Gasteiger partial charge in [-0.15, -0.1) is 0 Å². The second-order valence-corrected chi connectivity index (χ2v) is 4.74. The zero-order valence-corrected chi connectivity index (χ0v) is 10.6. The lowest BCUT2D eigenvalue weighted by atomic mass is 10.3. The van der Waals surface area contributed by atoms with Gasteiger partial charge >= 0.3 is 0 Å². The fraction of sp³-hybridized carbons (Fsp3) is 0.545. The Kier molecular flexibility index (Phi) is 3.14. The summed E-state index contributed by atoms with van der Waals surface area (Å²) >= 11 is 3.47. The normalized spacial score (nSPS) is 15.1. The third-order valence-corrected chi connectivity index (χ3v) is 3.12.